The van der Waals surface area contributed by atoms with Gasteiger partial charge < -0.3 is 10.0 Å². The maximum Gasteiger partial charge on any atom is 0.115 e. The molecule has 92 valence electrons. The van der Waals surface area contributed by atoms with E-state index in [-0.39, 0.29) is 0 Å². The van der Waals surface area contributed by atoms with Crippen LogP contribution in [-0.2, 0) is 0 Å². The van der Waals surface area contributed by atoms with Crippen LogP contribution in [0.4, 0.5) is 5.69 Å². The van der Waals surface area contributed by atoms with E-state index in [1.54, 1.807) is 12.1 Å². The highest BCUT2D eigenvalue weighted by atomic mass is 16.3. The summed E-state index contributed by atoms with van der Waals surface area (Å²) < 4.78 is 0. The van der Waals surface area contributed by atoms with Crippen LogP contribution >= 0.6 is 0 Å². The van der Waals surface area contributed by atoms with Crippen LogP contribution in [0.3, 0.4) is 0 Å². The van der Waals surface area contributed by atoms with Crippen LogP contribution in [0.15, 0.2) is 24.3 Å². The van der Waals surface area contributed by atoms with Crippen molar-refractivity contribution in [2.24, 2.45) is 0 Å². The minimum atomic E-state index is 0.304. The Morgan fingerprint density at radius 2 is 1.76 bits per heavy atom. The normalized spacial score (nSPS) is 9.88. The molecule has 0 atom stereocenters. The first-order chi connectivity index (χ1) is 8.24. The topological polar surface area (TPSA) is 47.3 Å². The number of aromatic hydroxyl groups is 1. The monoisotopic (exact) mass is 232 g/mol. The van der Waals surface area contributed by atoms with Crippen molar-refractivity contribution in [1.82, 2.24) is 0 Å². The standard InChI is InChI=1S/C14H20N2O/c1-16(12-6-4-2-3-5-11-15)13-7-9-14(17)10-8-13/h7-10,17H,2-6,12H2,1H3. The summed E-state index contributed by atoms with van der Waals surface area (Å²) in [5.74, 6) is 0.304. The molecule has 1 rings (SSSR count). The molecule has 0 saturated heterocycles. The second kappa shape index (κ2) is 7.56. The van der Waals surface area contributed by atoms with Crippen molar-refractivity contribution in [2.75, 3.05) is 18.5 Å². The Balaban J connectivity index is 2.19. The molecule has 0 saturated carbocycles. The van der Waals surface area contributed by atoms with Crippen LogP contribution in [-0.4, -0.2) is 18.7 Å². The number of nitriles is 1. The molecule has 0 amide bonds. The van der Waals surface area contributed by atoms with Crippen molar-refractivity contribution >= 4 is 5.69 Å². The van der Waals surface area contributed by atoms with Gasteiger partial charge in [0.15, 0.2) is 0 Å². The van der Waals surface area contributed by atoms with Crippen LogP contribution in [0.2, 0.25) is 0 Å². The van der Waals surface area contributed by atoms with Crippen molar-refractivity contribution in [2.45, 2.75) is 32.1 Å². The van der Waals surface area contributed by atoms with E-state index in [1.165, 1.54) is 6.42 Å². The molecule has 0 aliphatic carbocycles. The maximum absolute atomic E-state index is 9.19. The lowest BCUT2D eigenvalue weighted by atomic mass is 10.1. The van der Waals surface area contributed by atoms with Gasteiger partial charge in [-0.25, -0.2) is 0 Å². The summed E-state index contributed by atoms with van der Waals surface area (Å²) in [6.07, 6.45) is 5.14. The molecule has 0 aliphatic heterocycles. The quantitative estimate of drug-likeness (QED) is 0.734. The first-order valence-electron chi connectivity index (χ1n) is 6.11. The van der Waals surface area contributed by atoms with Gasteiger partial charge in [0.1, 0.15) is 5.75 Å². The van der Waals surface area contributed by atoms with Crippen LogP contribution in [0, 0.1) is 11.3 Å². The second-order valence-corrected chi connectivity index (χ2v) is 4.26. The molecular weight excluding hydrogens is 212 g/mol. The molecule has 0 spiro atoms. The number of benzene rings is 1. The van der Waals surface area contributed by atoms with Gasteiger partial charge in [0, 0.05) is 25.7 Å². The van der Waals surface area contributed by atoms with Crippen LogP contribution in [0.25, 0.3) is 0 Å². The first-order valence-corrected chi connectivity index (χ1v) is 6.11. The Kier molecular flexibility index (Phi) is 5.95. The maximum atomic E-state index is 9.19. The highest BCUT2D eigenvalue weighted by molar-refractivity contribution is 5.47. The van der Waals surface area contributed by atoms with Crippen molar-refractivity contribution in [3.05, 3.63) is 24.3 Å². The van der Waals surface area contributed by atoms with E-state index in [4.69, 9.17) is 5.26 Å². The van der Waals surface area contributed by atoms with Gasteiger partial charge in [-0.15, -0.1) is 0 Å². The summed E-state index contributed by atoms with van der Waals surface area (Å²) in [6, 6.07) is 9.42. The van der Waals surface area contributed by atoms with Gasteiger partial charge in [-0.2, -0.15) is 5.26 Å². The molecule has 0 fully saturated rings. The molecule has 0 radical (unpaired) electrons. The van der Waals surface area contributed by atoms with E-state index < -0.39 is 0 Å². The number of hydrogen-bond acceptors (Lipinski definition) is 3. The number of anilines is 1. The van der Waals surface area contributed by atoms with E-state index in [1.807, 2.05) is 12.1 Å². The molecule has 1 aromatic rings. The molecular formula is C14H20N2O. The van der Waals surface area contributed by atoms with Gasteiger partial charge >= 0.3 is 0 Å². The van der Waals surface area contributed by atoms with Gasteiger partial charge in [0.25, 0.3) is 0 Å². The fraction of sp³-hybridized carbons (Fsp3) is 0.500. The number of unbranched alkanes of at least 4 members (excludes halogenated alkanes) is 4. The SMILES string of the molecule is CN(CCCCCCC#N)c1ccc(O)cc1. The number of nitrogens with zero attached hydrogens (tertiary/aromatic N) is 2. The molecule has 1 aromatic carbocycles. The largest absolute Gasteiger partial charge is 0.508 e. The zero-order valence-corrected chi connectivity index (χ0v) is 10.4. The Bertz CT molecular complexity index is 353. The molecule has 0 unspecified atom stereocenters. The zero-order valence-electron chi connectivity index (χ0n) is 10.4. The predicted molar refractivity (Wildman–Crippen MR) is 70.1 cm³/mol. The summed E-state index contributed by atoms with van der Waals surface area (Å²) in [6.45, 7) is 1.01. The average Bonchev–Trinajstić information content (AvgIpc) is 2.34. The van der Waals surface area contributed by atoms with Gasteiger partial charge in [-0.3, -0.25) is 0 Å². The second-order valence-electron chi connectivity index (χ2n) is 4.26. The van der Waals surface area contributed by atoms with Crippen molar-refractivity contribution in [1.29, 1.82) is 5.26 Å². The number of phenolic OH excluding ortho intramolecular Hbond substituents is 1. The van der Waals surface area contributed by atoms with Gasteiger partial charge in [-0.1, -0.05) is 12.8 Å². The fourth-order valence-corrected chi connectivity index (χ4v) is 1.74. The summed E-state index contributed by atoms with van der Waals surface area (Å²) in [5.41, 5.74) is 1.12. The Morgan fingerprint density at radius 1 is 1.12 bits per heavy atom. The van der Waals surface area contributed by atoms with E-state index in [9.17, 15) is 5.11 Å². The molecule has 0 heterocycles. The minimum Gasteiger partial charge on any atom is -0.508 e. The van der Waals surface area contributed by atoms with E-state index in [2.05, 4.69) is 18.0 Å². The minimum absolute atomic E-state index is 0.304. The summed E-state index contributed by atoms with van der Waals surface area (Å²) >= 11 is 0. The van der Waals surface area contributed by atoms with Gasteiger partial charge in [-0.05, 0) is 37.1 Å². The third-order valence-electron chi connectivity index (χ3n) is 2.82. The van der Waals surface area contributed by atoms with E-state index in [0.29, 0.717) is 12.2 Å². The Hall–Kier alpha value is -1.69. The molecule has 0 aliphatic rings. The lowest BCUT2D eigenvalue weighted by molar-refractivity contribution is 0.475. The predicted octanol–water partition coefficient (Wildman–Crippen LogP) is 3.30. The number of rotatable bonds is 7. The lowest BCUT2D eigenvalue weighted by Crippen LogP contribution is -2.18. The Morgan fingerprint density at radius 3 is 2.41 bits per heavy atom. The Labute approximate surface area is 103 Å². The van der Waals surface area contributed by atoms with Crippen molar-refractivity contribution in [3.8, 4) is 11.8 Å². The number of hydrogen-bond donors (Lipinski definition) is 1. The summed E-state index contributed by atoms with van der Waals surface area (Å²) in [4.78, 5) is 2.18. The highest BCUT2D eigenvalue weighted by Crippen LogP contribution is 2.17. The zero-order chi connectivity index (χ0) is 12.5. The van der Waals surface area contributed by atoms with Crippen molar-refractivity contribution < 1.29 is 5.11 Å². The van der Waals surface area contributed by atoms with E-state index >= 15 is 0 Å². The van der Waals surface area contributed by atoms with Crippen LogP contribution in [0.1, 0.15) is 32.1 Å². The molecule has 1 N–H and O–H groups in total. The van der Waals surface area contributed by atoms with Gasteiger partial charge in [0.2, 0.25) is 0 Å². The summed E-state index contributed by atoms with van der Waals surface area (Å²) in [5, 5.41) is 17.6. The van der Waals surface area contributed by atoms with Crippen LogP contribution in [0.5, 0.6) is 5.75 Å². The average molecular weight is 232 g/mol. The molecule has 0 bridgehead atoms. The molecule has 3 nitrogen and oxygen atoms in total. The van der Waals surface area contributed by atoms with E-state index in [0.717, 1.165) is 31.5 Å². The lowest BCUT2D eigenvalue weighted by Gasteiger charge is -2.19. The van der Waals surface area contributed by atoms with Gasteiger partial charge in [0.05, 0.1) is 6.07 Å². The van der Waals surface area contributed by atoms with Crippen molar-refractivity contribution in [3.63, 3.8) is 0 Å². The third-order valence-corrected chi connectivity index (χ3v) is 2.82. The molecule has 3 heteroatoms. The van der Waals surface area contributed by atoms with Crippen LogP contribution < -0.4 is 4.90 Å². The summed E-state index contributed by atoms with van der Waals surface area (Å²) in [7, 11) is 2.06. The fourth-order valence-electron chi connectivity index (χ4n) is 1.74. The third kappa shape index (κ3) is 5.26. The smallest absolute Gasteiger partial charge is 0.115 e. The number of phenols is 1. The highest BCUT2D eigenvalue weighted by Gasteiger charge is 2.00. The molecule has 0 aromatic heterocycles. The first kappa shape index (κ1) is 13.4. The molecule has 17 heavy (non-hydrogen) atoms.